The zero-order valence-electron chi connectivity index (χ0n) is 17.3. The van der Waals surface area contributed by atoms with Crippen molar-refractivity contribution in [3.8, 4) is 0 Å². The Kier molecular flexibility index (Phi) is 6.64. The summed E-state index contributed by atoms with van der Waals surface area (Å²) in [7, 11) is 0. The molecule has 0 unspecified atom stereocenters. The summed E-state index contributed by atoms with van der Waals surface area (Å²) in [6.07, 6.45) is 3.51. The Labute approximate surface area is 181 Å². The zero-order chi connectivity index (χ0) is 21.5. The predicted molar refractivity (Wildman–Crippen MR) is 119 cm³/mol. The Hall–Kier alpha value is -3.58. The number of aromatic nitrogens is 2. The fourth-order valence-electron chi connectivity index (χ4n) is 3.66. The van der Waals surface area contributed by atoms with Crippen LogP contribution in [0.25, 0.3) is 0 Å². The van der Waals surface area contributed by atoms with E-state index in [2.05, 4.69) is 25.1 Å². The molecule has 1 aliphatic heterocycles. The lowest BCUT2D eigenvalue weighted by atomic mass is 10.1. The molecule has 1 aliphatic rings. The summed E-state index contributed by atoms with van der Waals surface area (Å²) in [5, 5.41) is 2.77. The van der Waals surface area contributed by atoms with Gasteiger partial charge in [0.25, 0.3) is 5.91 Å². The van der Waals surface area contributed by atoms with Gasteiger partial charge >= 0.3 is 0 Å². The topological polar surface area (TPSA) is 78.4 Å². The summed E-state index contributed by atoms with van der Waals surface area (Å²) in [4.78, 5) is 38.2. The van der Waals surface area contributed by atoms with Gasteiger partial charge in [0.05, 0.1) is 6.54 Å². The van der Waals surface area contributed by atoms with Gasteiger partial charge < -0.3 is 10.2 Å². The van der Waals surface area contributed by atoms with Crippen molar-refractivity contribution in [2.45, 2.75) is 6.54 Å². The van der Waals surface area contributed by atoms with Gasteiger partial charge in [0, 0.05) is 56.2 Å². The lowest BCUT2D eigenvalue weighted by molar-refractivity contribution is 0.0902. The van der Waals surface area contributed by atoms with E-state index in [9.17, 15) is 9.59 Å². The number of nitrogens with zero attached hydrogens (tertiary/aromatic N) is 4. The number of anilines is 1. The molecule has 158 valence electrons. The Morgan fingerprint density at radius 2 is 1.52 bits per heavy atom. The number of carbonyl (C=O) groups excluding carboxylic acids is 2. The number of carbonyl (C=O) groups is 2. The standard InChI is InChI=1S/C24H25N5O2/c30-22(19-7-2-1-3-8-19)17-27-23(31)21-10-5-4-9-20(21)18-28-13-15-29(16-14-28)24-25-11-6-12-26-24/h1-12H,13-18H2,(H,27,31). The van der Waals surface area contributed by atoms with Gasteiger partial charge in [-0.25, -0.2) is 9.97 Å². The van der Waals surface area contributed by atoms with Crippen molar-refractivity contribution in [1.82, 2.24) is 20.2 Å². The molecule has 2 aromatic carbocycles. The lowest BCUT2D eigenvalue weighted by Crippen LogP contribution is -2.46. The fourth-order valence-corrected chi connectivity index (χ4v) is 3.66. The molecule has 0 atom stereocenters. The van der Waals surface area contributed by atoms with Crippen LogP contribution in [0.2, 0.25) is 0 Å². The van der Waals surface area contributed by atoms with Crippen LogP contribution in [-0.4, -0.2) is 59.3 Å². The molecule has 0 aliphatic carbocycles. The quantitative estimate of drug-likeness (QED) is 0.597. The maximum atomic E-state index is 12.8. The van der Waals surface area contributed by atoms with Crippen LogP contribution in [0.4, 0.5) is 5.95 Å². The van der Waals surface area contributed by atoms with E-state index in [-0.39, 0.29) is 18.2 Å². The Bertz CT molecular complexity index is 1020. The molecule has 1 fully saturated rings. The largest absolute Gasteiger partial charge is 0.345 e. The number of benzene rings is 2. The van der Waals surface area contributed by atoms with E-state index in [1.807, 2.05) is 48.5 Å². The number of amides is 1. The minimum atomic E-state index is -0.226. The van der Waals surface area contributed by atoms with Crippen LogP contribution in [0, 0.1) is 0 Å². The van der Waals surface area contributed by atoms with Crippen LogP contribution in [-0.2, 0) is 6.54 Å². The van der Waals surface area contributed by atoms with Crippen LogP contribution < -0.4 is 10.2 Å². The minimum absolute atomic E-state index is 0.0209. The first kappa shape index (κ1) is 20.7. The minimum Gasteiger partial charge on any atom is -0.345 e. The van der Waals surface area contributed by atoms with E-state index >= 15 is 0 Å². The highest BCUT2D eigenvalue weighted by molar-refractivity contribution is 6.02. The van der Waals surface area contributed by atoms with Gasteiger partial charge in [-0.2, -0.15) is 0 Å². The normalized spacial score (nSPS) is 14.3. The van der Waals surface area contributed by atoms with E-state index < -0.39 is 0 Å². The molecular formula is C24H25N5O2. The fraction of sp³-hybridized carbons (Fsp3) is 0.250. The van der Waals surface area contributed by atoms with Crippen molar-refractivity contribution < 1.29 is 9.59 Å². The van der Waals surface area contributed by atoms with E-state index in [1.54, 1.807) is 24.5 Å². The zero-order valence-corrected chi connectivity index (χ0v) is 17.3. The summed E-state index contributed by atoms with van der Waals surface area (Å²) >= 11 is 0. The lowest BCUT2D eigenvalue weighted by Gasteiger charge is -2.34. The van der Waals surface area contributed by atoms with Gasteiger partial charge in [-0.1, -0.05) is 48.5 Å². The summed E-state index contributed by atoms with van der Waals surface area (Å²) in [5.74, 6) is 0.423. The first-order valence-electron chi connectivity index (χ1n) is 10.4. The van der Waals surface area contributed by atoms with E-state index in [4.69, 9.17) is 0 Å². The van der Waals surface area contributed by atoms with E-state index in [0.717, 1.165) is 37.7 Å². The monoisotopic (exact) mass is 415 g/mol. The molecule has 31 heavy (non-hydrogen) atoms. The number of Topliss-reactive ketones (excluding diaryl/α,β-unsaturated/α-hetero) is 1. The Morgan fingerprint density at radius 3 is 2.26 bits per heavy atom. The smallest absolute Gasteiger partial charge is 0.251 e. The van der Waals surface area contributed by atoms with Crippen LogP contribution in [0.15, 0.2) is 73.1 Å². The summed E-state index contributed by atoms with van der Waals surface area (Å²) in [6.45, 7) is 4.06. The van der Waals surface area contributed by atoms with Crippen LogP contribution >= 0.6 is 0 Å². The molecule has 0 saturated carbocycles. The molecule has 1 amide bonds. The van der Waals surface area contributed by atoms with E-state index in [0.29, 0.717) is 17.7 Å². The van der Waals surface area contributed by atoms with Crippen molar-refractivity contribution in [1.29, 1.82) is 0 Å². The number of ketones is 1. The first-order chi connectivity index (χ1) is 15.2. The average Bonchev–Trinajstić information content (AvgIpc) is 2.84. The molecule has 0 spiro atoms. The third kappa shape index (κ3) is 5.32. The van der Waals surface area contributed by atoms with Gasteiger partial charge in [-0.05, 0) is 17.7 Å². The second-order valence-electron chi connectivity index (χ2n) is 7.44. The third-order valence-corrected chi connectivity index (χ3v) is 5.37. The average molecular weight is 415 g/mol. The SMILES string of the molecule is O=C(CNC(=O)c1ccccc1CN1CCN(c2ncccn2)CC1)c1ccccc1. The molecule has 7 nitrogen and oxygen atoms in total. The molecule has 7 heteroatoms. The van der Waals surface area contributed by atoms with Gasteiger partial charge in [0.2, 0.25) is 5.95 Å². The molecule has 3 aromatic rings. The van der Waals surface area contributed by atoms with Crippen molar-refractivity contribution in [2.75, 3.05) is 37.6 Å². The Balaban J connectivity index is 1.34. The predicted octanol–water partition coefficient (Wildman–Crippen LogP) is 2.41. The maximum absolute atomic E-state index is 12.8. The first-order valence-corrected chi connectivity index (χ1v) is 10.4. The van der Waals surface area contributed by atoms with Crippen molar-refractivity contribution in [3.05, 3.63) is 89.7 Å². The molecule has 0 bridgehead atoms. The molecule has 4 rings (SSSR count). The van der Waals surface area contributed by atoms with Crippen LogP contribution in [0.3, 0.4) is 0 Å². The third-order valence-electron chi connectivity index (χ3n) is 5.37. The molecule has 0 radical (unpaired) electrons. The number of piperazine rings is 1. The highest BCUT2D eigenvalue weighted by atomic mass is 16.2. The molecule has 1 aromatic heterocycles. The summed E-state index contributed by atoms with van der Waals surface area (Å²) in [6, 6.07) is 18.4. The van der Waals surface area contributed by atoms with Crippen molar-refractivity contribution in [3.63, 3.8) is 0 Å². The molecule has 1 saturated heterocycles. The van der Waals surface area contributed by atoms with Crippen LogP contribution in [0.5, 0.6) is 0 Å². The number of nitrogens with one attached hydrogen (secondary N) is 1. The second kappa shape index (κ2) is 9.95. The molecule has 2 heterocycles. The summed E-state index contributed by atoms with van der Waals surface area (Å²) < 4.78 is 0. The number of rotatable bonds is 7. The summed E-state index contributed by atoms with van der Waals surface area (Å²) in [5.41, 5.74) is 2.16. The van der Waals surface area contributed by atoms with Crippen molar-refractivity contribution >= 4 is 17.6 Å². The number of hydrogen-bond acceptors (Lipinski definition) is 6. The maximum Gasteiger partial charge on any atom is 0.251 e. The van der Waals surface area contributed by atoms with Crippen LogP contribution in [0.1, 0.15) is 26.3 Å². The van der Waals surface area contributed by atoms with Gasteiger partial charge in [-0.15, -0.1) is 0 Å². The van der Waals surface area contributed by atoms with Gasteiger partial charge in [0.1, 0.15) is 0 Å². The highest BCUT2D eigenvalue weighted by Gasteiger charge is 2.21. The number of hydrogen-bond donors (Lipinski definition) is 1. The molecular weight excluding hydrogens is 390 g/mol. The Morgan fingerprint density at radius 1 is 0.839 bits per heavy atom. The van der Waals surface area contributed by atoms with Gasteiger partial charge in [-0.3, -0.25) is 14.5 Å². The second-order valence-corrected chi connectivity index (χ2v) is 7.44. The van der Waals surface area contributed by atoms with Gasteiger partial charge in [0.15, 0.2) is 5.78 Å². The van der Waals surface area contributed by atoms with Crippen molar-refractivity contribution in [2.24, 2.45) is 0 Å². The molecule has 1 N–H and O–H groups in total. The van der Waals surface area contributed by atoms with E-state index in [1.165, 1.54) is 0 Å². The highest BCUT2D eigenvalue weighted by Crippen LogP contribution is 2.15.